The summed E-state index contributed by atoms with van der Waals surface area (Å²) in [4.78, 5) is 24.7. The molecule has 3 aliphatic rings. The molecule has 2 bridgehead atoms. The lowest BCUT2D eigenvalue weighted by Crippen LogP contribution is -2.45. The first-order valence-corrected chi connectivity index (χ1v) is 17.5. The van der Waals surface area contributed by atoms with Crippen LogP contribution >= 0.6 is 0 Å². The minimum atomic E-state index is -0.797. The molecule has 46 heavy (non-hydrogen) atoms. The molecule has 6 heteroatoms. The van der Waals surface area contributed by atoms with Gasteiger partial charge in [0.05, 0.1) is 18.6 Å². The van der Waals surface area contributed by atoms with E-state index in [4.69, 9.17) is 0 Å². The van der Waals surface area contributed by atoms with Crippen LogP contribution in [0.4, 0.5) is 0 Å². The number of aliphatic carboxylic acids is 1. The average Bonchev–Trinajstić information content (AvgIpc) is 3.53. The van der Waals surface area contributed by atoms with Gasteiger partial charge in [-0.25, -0.2) is 0 Å². The monoisotopic (exact) mass is 628 g/mol. The first kappa shape index (κ1) is 34.1. The summed E-state index contributed by atoms with van der Waals surface area (Å²) in [6.07, 6.45) is 18.6. The second-order valence-corrected chi connectivity index (χ2v) is 14.2. The number of aliphatic hydroxyl groups is 2. The van der Waals surface area contributed by atoms with Crippen LogP contribution < -0.4 is 0 Å². The average molecular weight is 629 g/mol. The number of carboxylic acids is 1. The van der Waals surface area contributed by atoms with E-state index in [0.29, 0.717) is 25.2 Å². The van der Waals surface area contributed by atoms with E-state index in [-0.39, 0.29) is 30.1 Å². The number of carboxylic acid groups (broad SMARTS) is 1. The van der Waals surface area contributed by atoms with E-state index in [1.165, 1.54) is 11.1 Å². The quantitative estimate of drug-likeness (QED) is 0.115. The van der Waals surface area contributed by atoms with Crippen molar-refractivity contribution >= 4 is 12.3 Å². The van der Waals surface area contributed by atoms with Crippen molar-refractivity contribution in [2.24, 2.45) is 23.7 Å². The number of hydrogen-bond acceptors (Lipinski definition) is 5. The molecule has 0 radical (unpaired) electrons. The van der Waals surface area contributed by atoms with E-state index in [2.05, 4.69) is 42.5 Å². The highest BCUT2D eigenvalue weighted by molar-refractivity contribution is 5.73. The topological polar surface area (TPSA) is 115 Å². The maximum atomic E-state index is 12.8. The molecule has 0 aromatic heterocycles. The molecular weight excluding hydrogens is 576 g/mol. The van der Waals surface area contributed by atoms with Crippen LogP contribution in [0.1, 0.15) is 106 Å². The summed E-state index contributed by atoms with van der Waals surface area (Å²) in [5.74, 6) is -0.350. The van der Waals surface area contributed by atoms with Crippen LogP contribution in [-0.4, -0.2) is 45.4 Å². The highest BCUT2D eigenvalue weighted by atomic mass is 16.4. The SMILES string of the molecule is O=C[C@@H](CCCCC[C@@H]1C/C=C/C[C@@H](C(=O)O)[C@@]2(CCC[C@@H](O)C2)c2cccc(c2)C[C@H]1c1ccc(O)cc1)[C@@H]1C=C(CO)CC1. The predicted octanol–water partition coefficient (Wildman–Crippen LogP) is 7.65. The Hall–Kier alpha value is -3.22. The summed E-state index contributed by atoms with van der Waals surface area (Å²) in [6, 6.07) is 16.1. The Kier molecular flexibility index (Phi) is 11.9. The number of aromatic hydroxyl groups is 1. The zero-order chi connectivity index (χ0) is 32.5. The fourth-order valence-corrected chi connectivity index (χ4v) is 8.78. The molecule has 3 aliphatic carbocycles. The van der Waals surface area contributed by atoms with Gasteiger partial charge in [0.2, 0.25) is 0 Å². The lowest BCUT2D eigenvalue weighted by molar-refractivity contribution is -0.145. The van der Waals surface area contributed by atoms with E-state index >= 15 is 0 Å². The number of allylic oxidation sites excluding steroid dienone is 3. The number of benzene rings is 2. The molecule has 4 N–H and O–H groups in total. The first-order valence-electron chi connectivity index (χ1n) is 17.5. The Labute approximate surface area is 274 Å². The Morgan fingerprint density at radius 1 is 1.02 bits per heavy atom. The summed E-state index contributed by atoms with van der Waals surface area (Å²) in [5, 5.41) is 40.8. The highest BCUT2D eigenvalue weighted by Crippen LogP contribution is 2.48. The summed E-state index contributed by atoms with van der Waals surface area (Å²) < 4.78 is 0. The molecule has 1 saturated carbocycles. The highest BCUT2D eigenvalue weighted by Gasteiger charge is 2.47. The second kappa shape index (κ2) is 16.1. The molecule has 6 nitrogen and oxygen atoms in total. The van der Waals surface area contributed by atoms with E-state index in [1.807, 2.05) is 12.1 Å². The minimum Gasteiger partial charge on any atom is -0.508 e. The van der Waals surface area contributed by atoms with Crippen LogP contribution in [0.15, 0.2) is 72.3 Å². The number of carbonyl (C=O) groups is 2. The van der Waals surface area contributed by atoms with Gasteiger partial charge in [-0.2, -0.15) is 0 Å². The van der Waals surface area contributed by atoms with Crippen molar-refractivity contribution in [2.45, 2.75) is 107 Å². The number of rotatable bonds is 11. The molecule has 0 unspecified atom stereocenters. The van der Waals surface area contributed by atoms with E-state index in [0.717, 1.165) is 88.1 Å². The van der Waals surface area contributed by atoms with Gasteiger partial charge in [-0.15, -0.1) is 0 Å². The Bertz CT molecular complexity index is 1360. The third kappa shape index (κ3) is 8.19. The van der Waals surface area contributed by atoms with Crippen molar-refractivity contribution in [3.05, 3.63) is 89.0 Å². The number of fused-ring (bicyclic) bond motifs is 3. The van der Waals surface area contributed by atoms with E-state index in [9.17, 15) is 30.0 Å². The first-order chi connectivity index (χ1) is 22.3. The number of phenols is 1. The molecule has 2 aromatic carbocycles. The van der Waals surface area contributed by atoms with Crippen LogP contribution in [0.5, 0.6) is 5.75 Å². The second-order valence-electron chi connectivity index (χ2n) is 14.2. The summed E-state index contributed by atoms with van der Waals surface area (Å²) in [5.41, 5.74) is 3.84. The molecule has 248 valence electrons. The maximum absolute atomic E-state index is 12.8. The molecule has 1 fully saturated rings. The molecular formula is C40H52O6. The van der Waals surface area contributed by atoms with Crippen molar-refractivity contribution in [3.8, 4) is 5.75 Å². The van der Waals surface area contributed by atoms with Crippen molar-refractivity contribution in [1.82, 2.24) is 0 Å². The zero-order valence-corrected chi connectivity index (χ0v) is 27.1. The van der Waals surface area contributed by atoms with Gasteiger partial charge in [0.25, 0.3) is 0 Å². The molecule has 5 rings (SSSR count). The summed E-state index contributed by atoms with van der Waals surface area (Å²) in [6.45, 7) is 0.0887. The van der Waals surface area contributed by atoms with Gasteiger partial charge in [0.15, 0.2) is 0 Å². The Morgan fingerprint density at radius 2 is 1.83 bits per heavy atom. The van der Waals surface area contributed by atoms with Gasteiger partial charge in [-0.3, -0.25) is 4.79 Å². The van der Waals surface area contributed by atoms with E-state index in [1.54, 1.807) is 12.1 Å². The van der Waals surface area contributed by atoms with E-state index < -0.39 is 23.4 Å². The maximum Gasteiger partial charge on any atom is 0.307 e. The number of phenolic OH excluding ortho intramolecular Hbond substituents is 1. The Morgan fingerprint density at radius 3 is 2.54 bits per heavy atom. The molecule has 0 saturated heterocycles. The standard InChI is InChI=1S/C40H52O6/c41-26-29-15-16-32(22-29)33(27-42)11-3-1-2-9-30-10-4-5-14-38(39(45)46)40(21-7-13-36(44)25-40)34-12-6-8-28(23-34)24-37(30)31-17-19-35(43)20-18-31/h4-6,8,12,17-20,22-23,27,30,32-33,36-38,41,43-44H,1-3,7,9-11,13-16,21,24-26H2,(H,45,46)/b5-4+/t30-,32+,33-,36-,37-,38+,40-/m1/s1. The number of carbonyl (C=O) groups excluding carboxylic acids is 1. The van der Waals surface area contributed by atoms with Gasteiger partial charge < -0.3 is 25.2 Å². The largest absolute Gasteiger partial charge is 0.508 e. The molecule has 0 amide bonds. The molecule has 1 spiro atoms. The minimum absolute atomic E-state index is 0.0149. The van der Waals surface area contributed by atoms with Crippen molar-refractivity contribution in [1.29, 1.82) is 0 Å². The van der Waals surface area contributed by atoms with Gasteiger partial charge >= 0.3 is 5.97 Å². The Balaban J connectivity index is 1.37. The van der Waals surface area contributed by atoms with Crippen LogP contribution in [0.25, 0.3) is 0 Å². The third-order valence-corrected chi connectivity index (χ3v) is 11.3. The number of aliphatic hydroxyl groups excluding tert-OH is 2. The fourth-order valence-electron chi connectivity index (χ4n) is 8.78. The molecule has 2 aromatic rings. The van der Waals surface area contributed by atoms with Crippen molar-refractivity contribution in [3.63, 3.8) is 0 Å². The lowest BCUT2D eigenvalue weighted by atomic mass is 9.60. The summed E-state index contributed by atoms with van der Waals surface area (Å²) >= 11 is 0. The lowest BCUT2D eigenvalue weighted by Gasteiger charge is -2.44. The van der Waals surface area contributed by atoms with Gasteiger partial charge in [-0.05, 0) is 123 Å². The zero-order valence-electron chi connectivity index (χ0n) is 27.1. The smallest absolute Gasteiger partial charge is 0.307 e. The van der Waals surface area contributed by atoms with Crippen LogP contribution in [-0.2, 0) is 21.4 Å². The van der Waals surface area contributed by atoms with Gasteiger partial charge in [0.1, 0.15) is 12.0 Å². The third-order valence-electron chi connectivity index (χ3n) is 11.3. The van der Waals surface area contributed by atoms with Crippen molar-refractivity contribution < 1.29 is 30.0 Å². The van der Waals surface area contributed by atoms with Crippen LogP contribution in [0.2, 0.25) is 0 Å². The predicted molar refractivity (Wildman–Crippen MR) is 181 cm³/mol. The number of unbranched alkanes of at least 4 members (excludes halogenated alkanes) is 2. The molecule has 7 atom stereocenters. The molecule has 0 aliphatic heterocycles. The van der Waals surface area contributed by atoms with Crippen LogP contribution in [0.3, 0.4) is 0 Å². The van der Waals surface area contributed by atoms with Gasteiger partial charge in [-0.1, -0.05) is 73.9 Å². The number of aldehydes is 1. The van der Waals surface area contributed by atoms with Crippen LogP contribution in [0, 0.1) is 23.7 Å². The normalized spacial score (nSPS) is 29.7. The number of hydrogen-bond donors (Lipinski definition) is 4. The van der Waals surface area contributed by atoms with Gasteiger partial charge in [0, 0.05) is 11.3 Å². The summed E-state index contributed by atoms with van der Waals surface area (Å²) in [7, 11) is 0. The molecule has 0 heterocycles. The fraction of sp³-hybridized carbons (Fsp3) is 0.550. The van der Waals surface area contributed by atoms with Crippen molar-refractivity contribution in [2.75, 3.05) is 6.61 Å².